The molecular formula is C15H24O4. The summed E-state index contributed by atoms with van der Waals surface area (Å²) in [7, 11) is 0. The largest absolute Gasteiger partial charge is 0.462 e. The highest BCUT2D eigenvalue weighted by atomic mass is 16.6. The van der Waals surface area contributed by atoms with E-state index in [1.165, 1.54) is 0 Å². The van der Waals surface area contributed by atoms with Crippen LogP contribution in [0, 0.1) is 29.1 Å². The Hall–Kier alpha value is -0.610. The fraction of sp³-hybridized carbons (Fsp3) is 0.933. The summed E-state index contributed by atoms with van der Waals surface area (Å²) < 4.78 is 5.52. The fourth-order valence-electron chi connectivity index (χ4n) is 4.88. The molecule has 19 heavy (non-hydrogen) atoms. The van der Waals surface area contributed by atoms with Gasteiger partial charge >= 0.3 is 5.97 Å². The van der Waals surface area contributed by atoms with Crippen molar-refractivity contribution in [2.45, 2.75) is 58.3 Å². The smallest absolute Gasteiger partial charge is 0.309 e. The number of aliphatic hydroxyl groups excluding tert-OH is 2. The number of fused-ring (bicyclic) bond motifs is 2. The van der Waals surface area contributed by atoms with Crippen LogP contribution in [0.15, 0.2) is 0 Å². The molecule has 108 valence electrons. The summed E-state index contributed by atoms with van der Waals surface area (Å²) in [6.45, 7) is 6.17. The summed E-state index contributed by atoms with van der Waals surface area (Å²) in [5.41, 5.74) is -0.291. The van der Waals surface area contributed by atoms with Crippen molar-refractivity contribution in [2.24, 2.45) is 29.1 Å². The SMILES string of the molecule is C[C@@H]1C(=O)O[C@@H]2C[C@H](C)[C@@H]3C[C@H](O)[C@H](O)[C@@]3(C)C[C@H]12. The van der Waals surface area contributed by atoms with E-state index >= 15 is 0 Å². The van der Waals surface area contributed by atoms with E-state index in [0.717, 1.165) is 12.8 Å². The van der Waals surface area contributed by atoms with E-state index in [1.54, 1.807) is 0 Å². The molecule has 0 aromatic heterocycles. The molecule has 3 rings (SSSR count). The third-order valence-corrected chi connectivity index (χ3v) is 6.11. The molecule has 2 N–H and O–H groups in total. The van der Waals surface area contributed by atoms with E-state index in [-0.39, 0.29) is 29.3 Å². The number of esters is 1. The minimum atomic E-state index is -0.679. The number of carbonyl (C=O) groups excluding carboxylic acids is 1. The maximum absolute atomic E-state index is 11.8. The van der Waals surface area contributed by atoms with Crippen LogP contribution in [0.3, 0.4) is 0 Å². The predicted molar refractivity (Wildman–Crippen MR) is 69.2 cm³/mol. The van der Waals surface area contributed by atoms with E-state index in [2.05, 4.69) is 13.8 Å². The van der Waals surface area contributed by atoms with Crippen molar-refractivity contribution in [3.05, 3.63) is 0 Å². The molecule has 2 aliphatic carbocycles. The van der Waals surface area contributed by atoms with E-state index in [4.69, 9.17) is 4.74 Å². The van der Waals surface area contributed by atoms with Gasteiger partial charge < -0.3 is 14.9 Å². The molecule has 0 aromatic rings. The lowest BCUT2D eigenvalue weighted by molar-refractivity contribution is -0.144. The zero-order valence-corrected chi connectivity index (χ0v) is 11.9. The highest BCUT2D eigenvalue weighted by Crippen LogP contribution is 2.57. The lowest BCUT2D eigenvalue weighted by Gasteiger charge is -2.37. The molecule has 1 saturated heterocycles. The summed E-state index contributed by atoms with van der Waals surface area (Å²) in [5, 5.41) is 20.4. The number of hydrogen-bond acceptors (Lipinski definition) is 4. The van der Waals surface area contributed by atoms with Crippen molar-refractivity contribution in [3.63, 3.8) is 0 Å². The Bertz CT molecular complexity index is 396. The van der Waals surface area contributed by atoms with E-state index in [1.807, 2.05) is 6.92 Å². The predicted octanol–water partition coefficient (Wildman–Crippen LogP) is 1.34. The zero-order valence-electron chi connectivity index (χ0n) is 11.9. The molecule has 1 aliphatic heterocycles. The molecule has 0 amide bonds. The molecule has 3 aliphatic rings. The van der Waals surface area contributed by atoms with Crippen LogP contribution >= 0.6 is 0 Å². The first-order valence-electron chi connectivity index (χ1n) is 7.41. The Morgan fingerprint density at radius 3 is 2.63 bits per heavy atom. The molecule has 0 radical (unpaired) electrons. The van der Waals surface area contributed by atoms with Crippen LogP contribution in [0.25, 0.3) is 0 Å². The van der Waals surface area contributed by atoms with Crippen molar-refractivity contribution in [3.8, 4) is 0 Å². The second-order valence-corrected chi connectivity index (χ2v) is 7.21. The van der Waals surface area contributed by atoms with Crippen LogP contribution < -0.4 is 0 Å². The minimum absolute atomic E-state index is 0.00395. The Morgan fingerprint density at radius 2 is 1.95 bits per heavy atom. The summed E-state index contributed by atoms with van der Waals surface area (Å²) in [4.78, 5) is 11.8. The molecular weight excluding hydrogens is 244 g/mol. The van der Waals surface area contributed by atoms with Crippen LogP contribution in [-0.4, -0.2) is 34.5 Å². The Labute approximate surface area is 114 Å². The monoisotopic (exact) mass is 268 g/mol. The molecule has 1 heterocycles. The van der Waals surface area contributed by atoms with Gasteiger partial charge in [0.15, 0.2) is 0 Å². The topological polar surface area (TPSA) is 66.8 Å². The van der Waals surface area contributed by atoms with Crippen molar-refractivity contribution in [2.75, 3.05) is 0 Å². The van der Waals surface area contributed by atoms with Gasteiger partial charge in [0.2, 0.25) is 0 Å². The lowest BCUT2D eigenvalue weighted by Crippen LogP contribution is -2.39. The molecule has 8 atom stereocenters. The van der Waals surface area contributed by atoms with Gasteiger partial charge in [0.25, 0.3) is 0 Å². The second-order valence-electron chi connectivity index (χ2n) is 7.21. The third-order valence-electron chi connectivity index (χ3n) is 6.11. The zero-order chi connectivity index (χ0) is 13.9. The van der Waals surface area contributed by atoms with Gasteiger partial charge in [-0.05, 0) is 36.5 Å². The molecule has 4 heteroatoms. The minimum Gasteiger partial charge on any atom is -0.462 e. The molecule has 0 bridgehead atoms. The fourth-order valence-corrected chi connectivity index (χ4v) is 4.88. The van der Waals surface area contributed by atoms with E-state index < -0.39 is 12.2 Å². The van der Waals surface area contributed by atoms with Gasteiger partial charge in [0.1, 0.15) is 6.10 Å². The van der Waals surface area contributed by atoms with Crippen LogP contribution in [0.2, 0.25) is 0 Å². The van der Waals surface area contributed by atoms with Crippen LogP contribution in [0.1, 0.15) is 40.0 Å². The van der Waals surface area contributed by atoms with E-state index in [9.17, 15) is 15.0 Å². The summed E-state index contributed by atoms with van der Waals surface area (Å²) in [6, 6.07) is 0. The van der Waals surface area contributed by atoms with Crippen molar-refractivity contribution in [1.29, 1.82) is 0 Å². The number of rotatable bonds is 0. The lowest BCUT2D eigenvalue weighted by atomic mass is 9.69. The second kappa shape index (κ2) is 4.19. The van der Waals surface area contributed by atoms with Gasteiger partial charge in [-0.25, -0.2) is 0 Å². The van der Waals surface area contributed by atoms with Crippen LogP contribution in [-0.2, 0) is 9.53 Å². The van der Waals surface area contributed by atoms with Gasteiger partial charge in [-0.15, -0.1) is 0 Å². The third kappa shape index (κ3) is 1.76. The molecule has 3 fully saturated rings. The first kappa shape index (κ1) is 13.4. The van der Waals surface area contributed by atoms with Gasteiger partial charge in [-0.2, -0.15) is 0 Å². The van der Waals surface area contributed by atoms with Crippen molar-refractivity contribution >= 4 is 5.97 Å². The highest BCUT2D eigenvalue weighted by molar-refractivity contribution is 5.74. The van der Waals surface area contributed by atoms with Crippen LogP contribution in [0.5, 0.6) is 0 Å². The first-order chi connectivity index (χ1) is 8.84. The normalized spacial score (nSPS) is 57.3. The molecule has 0 unspecified atom stereocenters. The standard InChI is InChI=1S/C15H24O4/c1-7-4-12-9(8(2)14(18)19-12)6-15(3)10(7)5-11(16)13(15)17/h7-13,16-17H,4-6H2,1-3H3/t7-,8-,9+,10-,11-,12+,13-,15-/m0/s1. The Balaban J connectivity index is 1.95. The Kier molecular flexibility index (Phi) is 2.95. The summed E-state index contributed by atoms with van der Waals surface area (Å²) in [5.74, 6) is 0.679. The number of carbonyl (C=O) groups is 1. The van der Waals surface area contributed by atoms with E-state index in [0.29, 0.717) is 18.3 Å². The summed E-state index contributed by atoms with van der Waals surface area (Å²) in [6.07, 6.45) is 1.01. The summed E-state index contributed by atoms with van der Waals surface area (Å²) >= 11 is 0. The quantitative estimate of drug-likeness (QED) is 0.651. The first-order valence-corrected chi connectivity index (χ1v) is 7.41. The number of hydrogen-bond donors (Lipinski definition) is 2. The highest BCUT2D eigenvalue weighted by Gasteiger charge is 2.58. The average molecular weight is 268 g/mol. The maximum Gasteiger partial charge on any atom is 0.309 e. The van der Waals surface area contributed by atoms with Gasteiger partial charge in [0, 0.05) is 5.92 Å². The van der Waals surface area contributed by atoms with Gasteiger partial charge in [-0.3, -0.25) is 4.79 Å². The van der Waals surface area contributed by atoms with Gasteiger partial charge in [0.05, 0.1) is 18.1 Å². The van der Waals surface area contributed by atoms with Gasteiger partial charge in [-0.1, -0.05) is 20.8 Å². The van der Waals surface area contributed by atoms with Crippen LogP contribution in [0.4, 0.5) is 0 Å². The van der Waals surface area contributed by atoms with Crippen molar-refractivity contribution in [1.82, 2.24) is 0 Å². The molecule has 0 spiro atoms. The molecule has 4 nitrogen and oxygen atoms in total. The number of ether oxygens (including phenoxy) is 1. The number of aliphatic hydroxyl groups is 2. The molecule has 0 aromatic carbocycles. The maximum atomic E-state index is 11.8. The van der Waals surface area contributed by atoms with Crippen molar-refractivity contribution < 1.29 is 19.7 Å². The molecule has 2 saturated carbocycles. The average Bonchev–Trinajstić information content (AvgIpc) is 2.68. The Morgan fingerprint density at radius 1 is 1.26 bits per heavy atom.